The summed E-state index contributed by atoms with van der Waals surface area (Å²) in [6.07, 6.45) is 3.22. The molecular formula is C19H36N2O4. The Morgan fingerprint density at radius 1 is 0.920 bits per heavy atom. The van der Waals surface area contributed by atoms with Crippen LogP contribution in [0.4, 0.5) is 0 Å². The van der Waals surface area contributed by atoms with Gasteiger partial charge in [-0.2, -0.15) is 0 Å². The van der Waals surface area contributed by atoms with Crippen LogP contribution < -0.4 is 10.6 Å². The topological polar surface area (TPSA) is 95.5 Å². The van der Waals surface area contributed by atoms with E-state index in [-0.39, 0.29) is 30.1 Å². The van der Waals surface area contributed by atoms with E-state index in [9.17, 15) is 19.5 Å². The molecule has 0 saturated carbocycles. The number of carboxylic acids is 1. The average molecular weight is 357 g/mol. The molecule has 0 radical (unpaired) electrons. The molecule has 146 valence electrons. The Morgan fingerprint density at radius 2 is 1.52 bits per heavy atom. The summed E-state index contributed by atoms with van der Waals surface area (Å²) >= 11 is 0. The van der Waals surface area contributed by atoms with Crippen LogP contribution in [0, 0.1) is 5.41 Å². The van der Waals surface area contributed by atoms with Crippen molar-refractivity contribution in [2.45, 2.75) is 91.6 Å². The first-order chi connectivity index (χ1) is 11.3. The molecule has 0 aliphatic carbocycles. The molecule has 0 fully saturated rings. The molecule has 0 aromatic rings. The molecule has 1 amide bonds. The van der Waals surface area contributed by atoms with Gasteiger partial charge in [0.15, 0.2) is 0 Å². The lowest BCUT2D eigenvalue weighted by Gasteiger charge is -2.20. The summed E-state index contributed by atoms with van der Waals surface area (Å²) < 4.78 is 0. The first-order valence-corrected chi connectivity index (χ1v) is 9.13. The minimum Gasteiger partial charge on any atom is -0.480 e. The highest BCUT2D eigenvalue weighted by molar-refractivity contribution is 5.86. The first-order valence-electron chi connectivity index (χ1n) is 9.13. The third kappa shape index (κ3) is 12.6. The van der Waals surface area contributed by atoms with Gasteiger partial charge in [0.05, 0.1) is 0 Å². The van der Waals surface area contributed by atoms with E-state index in [1.807, 2.05) is 0 Å². The Balaban J connectivity index is 4.09. The van der Waals surface area contributed by atoms with Gasteiger partial charge in [-0.1, -0.05) is 27.2 Å². The Kier molecular flexibility index (Phi) is 9.93. The summed E-state index contributed by atoms with van der Waals surface area (Å²) in [4.78, 5) is 35.1. The van der Waals surface area contributed by atoms with Gasteiger partial charge in [-0.25, -0.2) is 4.79 Å². The van der Waals surface area contributed by atoms with E-state index in [0.717, 1.165) is 25.8 Å². The van der Waals surface area contributed by atoms with Crippen molar-refractivity contribution in [3.8, 4) is 0 Å². The van der Waals surface area contributed by atoms with E-state index in [4.69, 9.17) is 0 Å². The number of carbonyl (C=O) groups is 3. The maximum Gasteiger partial charge on any atom is 0.326 e. The Hall–Kier alpha value is -1.43. The molecule has 0 spiro atoms. The predicted molar refractivity (Wildman–Crippen MR) is 99.5 cm³/mol. The summed E-state index contributed by atoms with van der Waals surface area (Å²) in [5.74, 6) is -1.36. The lowest BCUT2D eigenvalue weighted by atomic mass is 9.87. The largest absolute Gasteiger partial charge is 0.480 e. The lowest BCUT2D eigenvalue weighted by molar-refractivity contribution is -0.142. The summed E-state index contributed by atoms with van der Waals surface area (Å²) in [7, 11) is 0. The number of nitrogens with one attached hydrogen (secondary N) is 2. The minimum absolute atomic E-state index is 0.000604. The van der Waals surface area contributed by atoms with Gasteiger partial charge < -0.3 is 15.7 Å². The molecular weight excluding hydrogens is 320 g/mol. The zero-order valence-corrected chi connectivity index (χ0v) is 16.7. The van der Waals surface area contributed by atoms with Crippen LogP contribution in [0.25, 0.3) is 0 Å². The van der Waals surface area contributed by atoms with Crippen LogP contribution in [0.15, 0.2) is 0 Å². The molecule has 0 rings (SSSR count). The van der Waals surface area contributed by atoms with E-state index in [1.165, 1.54) is 0 Å². The second-order valence-electron chi connectivity index (χ2n) is 8.66. The number of hydrogen-bond donors (Lipinski definition) is 3. The van der Waals surface area contributed by atoms with Gasteiger partial charge in [0.25, 0.3) is 0 Å². The molecule has 0 heterocycles. The average Bonchev–Trinajstić information content (AvgIpc) is 2.44. The van der Waals surface area contributed by atoms with E-state index in [2.05, 4.69) is 31.4 Å². The molecule has 0 aliphatic rings. The third-order valence-electron chi connectivity index (χ3n) is 3.87. The highest BCUT2D eigenvalue weighted by Crippen LogP contribution is 2.18. The molecule has 1 unspecified atom stereocenters. The molecule has 6 heteroatoms. The van der Waals surface area contributed by atoms with Crippen LogP contribution >= 0.6 is 0 Å². The van der Waals surface area contributed by atoms with Gasteiger partial charge in [0.1, 0.15) is 11.8 Å². The molecule has 0 aliphatic heterocycles. The molecule has 1 atom stereocenters. The van der Waals surface area contributed by atoms with E-state index < -0.39 is 17.4 Å². The van der Waals surface area contributed by atoms with Crippen LogP contribution in [-0.2, 0) is 14.4 Å². The quantitative estimate of drug-likeness (QED) is 0.495. The van der Waals surface area contributed by atoms with Gasteiger partial charge in [-0.3, -0.25) is 9.59 Å². The second-order valence-corrected chi connectivity index (χ2v) is 8.66. The SMILES string of the molecule is CC(C)(C)NCCCCCC(=O)NC(CCC(=O)C(C)(C)C)C(=O)O. The monoisotopic (exact) mass is 356 g/mol. The first kappa shape index (κ1) is 23.6. The molecule has 0 bridgehead atoms. The summed E-state index contributed by atoms with van der Waals surface area (Å²) in [5, 5.41) is 15.1. The highest BCUT2D eigenvalue weighted by atomic mass is 16.4. The summed E-state index contributed by atoms with van der Waals surface area (Å²) in [5.41, 5.74) is -0.398. The van der Waals surface area contributed by atoms with Crippen molar-refractivity contribution in [3.05, 3.63) is 0 Å². The van der Waals surface area contributed by atoms with Crippen LogP contribution in [0.2, 0.25) is 0 Å². The number of carbonyl (C=O) groups excluding carboxylic acids is 2. The molecule has 25 heavy (non-hydrogen) atoms. The molecule has 0 saturated heterocycles. The maximum absolute atomic E-state index is 11.9. The van der Waals surface area contributed by atoms with Crippen LogP contribution in [0.1, 0.15) is 80.1 Å². The summed E-state index contributed by atoms with van der Waals surface area (Å²) in [6.45, 7) is 12.6. The van der Waals surface area contributed by atoms with Crippen LogP contribution in [0.3, 0.4) is 0 Å². The maximum atomic E-state index is 11.9. The van der Waals surface area contributed by atoms with Crippen molar-refractivity contribution in [2.75, 3.05) is 6.54 Å². The standard InChI is InChI=1S/C19H36N2O4/c1-18(2,3)15(22)12-11-14(17(24)25)21-16(23)10-8-7-9-13-20-19(4,5)6/h14,20H,7-13H2,1-6H3,(H,21,23)(H,24,25). The molecule has 3 N–H and O–H groups in total. The van der Waals surface area contributed by atoms with Gasteiger partial charge in [0, 0.05) is 23.8 Å². The van der Waals surface area contributed by atoms with Crippen molar-refractivity contribution in [1.29, 1.82) is 0 Å². The van der Waals surface area contributed by atoms with Crippen molar-refractivity contribution in [1.82, 2.24) is 10.6 Å². The lowest BCUT2D eigenvalue weighted by Crippen LogP contribution is -2.41. The third-order valence-corrected chi connectivity index (χ3v) is 3.87. The van der Waals surface area contributed by atoms with Crippen LogP contribution in [-0.4, -0.2) is 40.9 Å². The number of hydrogen-bond acceptors (Lipinski definition) is 4. The fourth-order valence-corrected chi connectivity index (χ4v) is 2.23. The fraction of sp³-hybridized carbons (Fsp3) is 0.842. The van der Waals surface area contributed by atoms with E-state index >= 15 is 0 Å². The number of rotatable bonds is 11. The van der Waals surface area contributed by atoms with E-state index in [1.54, 1.807) is 20.8 Å². The number of Topliss-reactive ketones (excluding diaryl/α,β-unsaturated/α-hetero) is 1. The smallest absolute Gasteiger partial charge is 0.326 e. The molecule has 0 aromatic carbocycles. The van der Waals surface area contributed by atoms with Crippen molar-refractivity contribution in [3.63, 3.8) is 0 Å². The van der Waals surface area contributed by atoms with Gasteiger partial charge in [-0.05, 0) is 46.6 Å². The normalized spacial score (nSPS) is 13.4. The Morgan fingerprint density at radius 3 is 2.00 bits per heavy atom. The van der Waals surface area contributed by atoms with Crippen molar-refractivity contribution >= 4 is 17.7 Å². The van der Waals surface area contributed by atoms with Crippen molar-refractivity contribution in [2.24, 2.45) is 5.41 Å². The second kappa shape index (κ2) is 10.5. The van der Waals surface area contributed by atoms with E-state index in [0.29, 0.717) is 6.42 Å². The predicted octanol–water partition coefficient (Wildman–Crippen LogP) is 2.90. The number of ketones is 1. The zero-order chi connectivity index (χ0) is 19.7. The van der Waals surface area contributed by atoms with Gasteiger partial charge in [-0.15, -0.1) is 0 Å². The van der Waals surface area contributed by atoms with Gasteiger partial charge >= 0.3 is 5.97 Å². The number of aliphatic carboxylic acids is 1. The number of unbranched alkanes of at least 4 members (excludes halogenated alkanes) is 2. The Bertz CT molecular complexity index is 447. The molecule has 0 aromatic heterocycles. The highest BCUT2D eigenvalue weighted by Gasteiger charge is 2.25. The zero-order valence-electron chi connectivity index (χ0n) is 16.7. The summed E-state index contributed by atoms with van der Waals surface area (Å²) in [6, 6.07) is -0.999. The number of carboxylic acid groups (broad SMARTS) is 1. The van der Waals surface area contributed by atoms with Crippen LogP contribution in [0.5, 0.6) is 0 Å². The number of amides is 1. The van der Waals surface area contributed by atoms with Gasteiger partial charge in [0.2, 0.25) is 5.91 Å². The fourth-order valence-electron chi connectivity index (χ4n) is 2.23. The van der Waals surface area contributed by atoms with Crippen molar-refractivity contribution < 1.29 is 19.5 Å². The Labute approximate surface area is 152 Å². The molecule has 6 nitrogen and oxygen atoms in total. The minimum atomic E-state index is -1.09.